The van der Waals surface area contributed by atoms with Gasteiger partial charge in [-0.15, -0.1) is 0 Å². The number of rotatable bonds is 9. The predicted molar refractivity (Wildman–Crippen MR) is 269 cm³/mol. The van der Waals surface area contributed by atoms with Crippen molar-refractivity contribution in [2.75, 3.05) is 59.3 Å². The molecule has 9 heterocycles. The Morgan fingerprint density at radius 1 is 0.819 bits per heavy atom. The molecule has 72 heavy (non-hydrogen) atoms. The number of carbonyl (C=O) groups excluding carboxylic acids is 5. The van der Waals surface area contributed by atoms with Crippen LogP contribution in [0, 0.1) is 10.8 Å². The molecule has 4 fully saturated rings. The maximum Gasteiger partial charge on any atom is 0.276 e. The number of piperazine rings is 1. The van der Waals surface area contributed by atoms with Crippen molar-refractivity contribution in [1.82, 2.24) is 34.2 Å². The summed E-state index contributed by atoms with van der Waals surface area (Å²) in [6.07, 6.45) is 10.6. The van der Waals surface area contributed by atoms with Gasteiger partial charge in [0.2, 0.25) is 11.8 Å². The minimum atomic E-state index is -0.987. The summed E-state index contributed by atoms with van der Waals surface area (Å²) in [5.41, 5.74) is 8.03. The number of aryl methyl sites for hydroxylation is 1. The SMILES string of the molecule is C[C@H]1C[C@]2(CCN1c1ccc(Nc3cc(-c4ccnc(N5CCn6c(cc7c6CC(C)(C)C7)C5=O)c4CO)cn(C)c3=O)nc1)C[C@H]2N1CCN(c2ccc3c(c2)C(=O)N(C2CCC(=O)NC2=O)C3=O)CC1. The van der Waals surface area contributed by atoms with Crippen molar-refractivity contribution < 1.29 is 29.1 Å². The number of pyridine rings is 3. The number of carbonyl (C=O) groups is 5. The van der Waals surface area contributed by atoms with Crippen molar-refractivity contribution in [3.63, 3.8) is 0 Å². The number of anilines is 5. The summed E-state index contributed by atoms with van der Waals surface area (Å²) in [6, 6.07) is 14.7. The molecule has 18 heteroatoms. The van der Waals surface area contributed by atoms with E-state index in [1.165, 1.54) is 15.8 Å². The first-order valence-corrected chi connectivity index (χ1v) is 25.3. The lowest BCUT2D eigenvalue weighted by atomic mass is 9.87. The number of benzene rings is 1. The van der Waals surface area contributed by atoms with E-state index in [4.69, 9.17) is 4.98 Å². The zero-order chi connectivity index (χ0) is 50.0. The van der Waals surface area contributed by atoms with E-state index in [2.05, 4.69) is 61.7 Å². The van der Waals surface area contributed by atoms with Gasteiger partial charge in [0, 0.05) is 106 Å². The Labute approximate surface area is 416 Å². The normalized spacial score (nSPS) is 24.7. The van der Waals surface area contributed by atoms with Crippen LogP contribution in [-0.4, -0.2) is 121 Å². The number of imide groups is 2. The lowest BCUT2D eigenvalue weighted by molar-refractivity contribution is -0.136. The van der Waals surface area contributed by atoms with E-state index in [9.17, 15) is 33.9 Å². The highest BCUT2D eigenvalue weighted by molar-refractivity contribution is 6.23. The van der Waals surface area contributed by atoms with Crippen LogP contribution >= 0.6 is 0 Å². The van der Waals surface area contributed by atoms with E-state index in [0.29, 0.717) is 70.4 Å². The van der Waals surface area contributed by atoms with Gasteiger partial charge in [-0.25, -0.2) is 9.97 Å². The predicted octanol–water partition coefficient (Wildman–Crippen LogP) is 4.64. The van der Waals surface area contributed by atoms with E-state index in [1.54, 1.807) is 42.5 Å². The maximum atomic E-state index is 14.0. The van der Waals surface area contributed by atoms with E-state index < -0.39 is 29.7 Å². The highest BCUT2D eigenvalue weighted by Crippen LogP contribution is 2.58. The summed E-state index contributed by atoms with van der Waals surface area (Å²) in [5.74, 6) is -1.19. The molecule has 5 amide bonds. The van der Waals surface area contributed by atoms with E-state index in [1.807, 2.05) is 30.5 Å². The van der Waals surface area contributed by atoms with Crippen molar-refractivity contribution in [1.29, 1.82) is 0 Å². The van der Waals surface area contributed by atoms with E-state index in [-0.39, 0.29) is 47.3 Å². The summed E-state index contributed by atoms with van der Waals surface area (Å²) in [6.45, 7) is 11.8. The number of hydrogen-bond donors (Lipinski definition) is 3. The first-order valence-electron chi connectivity index (χ1n) is 25.3. The van der Waals surface area contributed by atoms with E-state index in [0.717, 1.165) is 81.1 Å². The van der Waals surface area contributed by atoms with Crippen LogP contribution in [-0.2, 0) is 42.6 Å². The van der Waals surface area contributed by atoms with E-state index >= 15 is 0 Å². The fourth-order valence-corrected chi connectivity index (χ4v) is 13.0. The monoisotopic (exact) mass is 973 g/mol. The van der Waals surface area contributed by atoms with Gasteiger partial charge in [-0.1, -0.05) is 13.8 Å². The molecule has 3 N–H and O–H groups in total. The highest BCUT2D eigenvalue weighted by atomic mass is 16.3. The molecule has 5 aliphatic heterocycles. The molecule has 5 aromatic rings. The van der Waals surface area contributed by atoms with Gasteiger partial charge in [-0.2, -0.15) is 0 Å². The Morgan fingerprint density at radius 3 is 2.36 bits per heavy atom. The Kier molecular flexibility index (Phi) is 10.8. The van der Waals surface area contributed by atoms with Gasteiger partial charge in [-0.3, -0.25) is 48.8 Å². The summed E-state index contributed by atoms with van der Waals surface area (Å²) < 4.78 is 3.67. The molecular weight excluding hydrogens is 915 g/mol. The quantitative estimate of drug-likeness (QED) is 0.173. The summed E-state index contributed by atoms with van der Waals surface area (Å²) >= 11 is 0. The molecule has 1 spiro atoms. The Bertz CT molecular complexity index is 3190. The van der Waals surface area contributed by atoms with Crippen molar-refractivity contribution in [3.05, 3.63) is 111 Å². The molecule has 4 atom stereocenters. The summed E-state index contributed by atoms with van der Waals surface area (Å²) in [5, 5.41) is 16.3. The molecule has 18 nitrogen and oxygen atoms in total. The molecule has 7 aliphatic rings. The number of fused-ring (bicyclic) bond motifs is 4. The zero-order valence-electron chi connectivity index (χ0n) is 41.1. The molecule has 4 aromatic heterocycles. The lowest BCUT2D eigenvalue weighted by Crippen LogP contribution is -2.54. The molecule has 0 bridgehead atoms. The van der Waals surface area contributed by atoms with Crippen LogP contribution in [0.3, 0.4) is 0 Å². The first kappa shape index (κ1) is 45.9. The smallest absolute Gasteiger partial charge is 0.276 e. The Morgan fingerprint density at radius 2 is 1.61 bits per heavy atom. The van der Waals surface area contributed by atoms with Crippen molar-refractivity contribution in [2.45, 2.75) is 97.0 Å². The number of amides is 5. The van der Waals surface area contributed by atoms with Crippen LogP contribution in [0.2, 0.25) is 0 Å². The second-order valence-corrected chi connectivity index (χ2v) is 21.8. The third kappa shape index (κ3) is 7.59. The van der Waals surface area contributed by atoms with Crippen molar-refractivity contribution >= 4 is 58.2 Å². The van der Waals surface area contributed by atoms with Crippen LogP contribution < -0.4 is 30.9 Å². The third-order valence-corrected chi connectivity index (χ3v) is 16.7. The van der Waals surface area contributed by atoms with Crippen LogP contribution in [0.4, 0.5) is 28.7 Å². The minimum Gasteiger partial charge on any atom is -0.392 e. The standard InChI is InChI=1S/C54H59N11O7/c1-31-24-54(27-44(54)61-17-15-60(16-18-61)34-5-7-37-38(23-34)50(70)65(49(37)69)41-8-10-46(67)58-48(41)68)12-14-62(31)35-6-9-45(56-28-35)57-40-21-33(29-59(4)51(40)71)36-11-13-55-47(39(36)30-66)64-20-19-63-42(52(64)72)22-32-25-53(2,3)26-43(32)63/h5-7,9,11,13,21-23,28-29,31,41,44,66H,8,10,12,14-20,24-27,30H2,1-4H3,(H,56,57)(H,58,67,68)/t31-,41?,44+,54+/m0/s1. The average molecular weight is 974 g/mol. The molecule has 372 valence electrons. The molecule has 0 radical (unpaired) electrons. The van der Waals surface area contributed by atoms with Crippen LogP contribution in [0.15, 0.2) is 71.9 Å². The van der Waals surface area contributed by atoms with Gasteiger partial charge in [-0.05, 0) is 116 Å². The fraction of sp³-hybridized carbons (Fsp3) is 0.444. The van der Waals surface area contributed by atoms with Gasteiger partial charge in [0.15, 0.2) is 0 Å². The van der Waals surface area contributed by atoms with Crippen molar-refractivity contribution in [2.24, 2.45) is 17.9 Å². The summed E-state index contributed by atoms with van der Waals surface area (Å²) in [7, 11) is 1.69. The number of aliphatic hydroxyl groups is 1. The molecule has 1 unspecified atom stereocenters. The number of nitrogens with one attached hydrogen (secondary N) is 2. The fourth-order valence-electron chi connectivity index (χ4n) is 13.0. The summed E-state index contributed by atoms with van der Waals surface area (Å²) in [4.78, 5) is 97.9. The van der Waals surface area contributed by atoms with Crippen LogP contribution in [0.1, 0.15) is 101 Å². The molecule has 2 aliphatic carbocycles. The third-order valence-electron chi connectivity index (χ3n) is 16.7. The number of hydrogen-bond acceptors (Lipinski definition) is 13. The van der Waals surface area contributed by atoms with Gasteiger partial charge in [0.1, 0.15) is 29.1 Å². The second kappa shape index (κ2) is 17.0. The van der Waals surface area contributed by atoms with Gasteiger partial charge in [0.05, 0.1) is 29.6 Å². The number of piperidine rings is 2. The van der Waals surface area contributed by atoms with Crippen LogP contribution in [0.25, 0.3) is 11.1 Å². The van der Waals surface area contributed by atoms with Gasteiger partial charge in [0.25, 0.3) is 23.3 Å². The largest absolute Gasteiger partial charge is 0.392 e. The average Bonchev–Trinajstić information content (AvgIpc) is 3.68. The minimum absolute atomic E-state index is 0.0826. The molecule has 1 aromatic carbocycles. The van der Waals surface area contributed by atoms with Crippen molar-refractivity contribution in [3.8, 4) is 11.1 Å². The number of aromatic nitrogens is 4. The topological polar surface area (TPSA) is 199 Å². The second-order valence-electron chi connectivity index (χ2n) is 21.8. The molecular formula is C54H59N11O7. The number of nitrogens with zero attached hydrogens (tertiary/aromatic N) is 9. The molecule has 12 rings (SSSR count). The lowest BCUT2D eigenvalue weighted by Gasteiger charge is -2.42. The van der Waals surface area contributed by atoms with Crippen LogP contribution in [0.5, 0.6) is 0 Å². The zero-order valence-corrected chi connectivity index (χ0v) is 41.1. The first-order chi connectivity index (χ1) is 34.6. The Hall–Kier alpha value is -7.18. The molecule has 3 saturated heterocycles. The maximum absolute atomic E-state index is 14.0. The highest BCUT2D eigenvalue weighted by Gasteiger charge is 2.59. The molecule has 1 saturated carbocycles. The number of aliphatic hydroxyl groups excluding tert-OH is 1. The van der Waals surface area contributed by atoms with Gasteiger partial charge < -0.3 is 29.4 Å². The van der Waals surface area contributed by atoms with Gasteiger partial charge >= 0.3 is 0 Å². The Balaban J connectivity index is 0.673.